The van der Waals surface area contributed by atoms with Crippen LogP contribution in [0.2, 0.25) is 0 Å². The van der Waals surface area contributed by atoms with E-state index in [0.717, 1.165) is 5.56 Å². The van der Waals surface area contributed by atoms with Crippen LogP contribution in [0.5, 0.6) is 0 Å². The second kappa shape index (κ2) is 7.77. The Labute approximate surface area is 172 Å². The van der Waals surface area contributed by atoms with Crippen LogP contribution in [0.3, 0.4) is 0 Å². The number of hydrogen-bond donors (Lipinski definition) is 1. The number of nitrogens with one attached hydrogen (secondary N) is 1. The first-order valence-corrected chi connectivity index (χ1v) is 9.63. The number of rotatable bonds is 5. The fourth-order valence-electron chi connectivity index (χ4n) is 3.51. The van der Waals surface area contributed by atoms with Crippen LogP contribution in [0.4, 0.5) is 5.69 Å². The highest BCUT2D eigenvalue weighted by atomic mass is 35.5. The molecule has 0 bridgehead atoms. The van der Waals surface area contributed by atoms with E-state index in [2.05, 4.69) is 10.4 Å². The molecular formula is C21H19ClN4O3. The molecule has 0 saturated carbocycles. The highest BCUT2D eigenvalue weighted by Crippen LogP contribution is 2.36. The van der Waals surface area contributed by atoms with Crippen LogP contribution in [-0.4, -0.2) is 60.3 Å². The fourth-order valence-corrected chi connectivity index (χ4v) is 3.80. The van der Waals surface area contributed by atoms with Gasteiger partial charge in [-0.25, -0.2) is 0 Å². The largest absolute Gasteiger partial charge is 0.318 e. The van der Waals surface area contributed by atoms with Gasteiger partial charge in [0.2, 0.25) is 0 Å². The molecule has 1 N–H and O–H groups in total. The van der Waals surface area contributed by atoms with Gasteiger partial charge in [-0.15, -0.1) is 0 Å². The molecule has 2 aliphatic heterocycles. The number of halogens is 1. The number of carbonyl (C=O) groups is 3. The van der Waals surface area contributed by atoms with E-state index in [4.69, 9.17) is 11.6 Å². The highest BCUT2D eigenvalue weighted by Gasteiger charge is 2.39. The zero-order chi connectivity index (χ0) is 20.4. The maximum absolute atomic E-state index is 12.0. The van der Waals surface area contributed by atoms with E-state index in [-0.39, 0.29) is 0 Å². The molecule has 0 radical (unpaired) electrons. The average Bonchev–Trinajstić information content (AvgIpc) is 3.06. The maximum Gasteiger partial charge on any atom is 0.296 e. The number of anilines is 1. The van der Waals surface area contributed by atoms with Crippen molar-refractivity contribution in [1.82, 2.24) is 9.91 Å². The number of ketones is 1. The molecule has 7 nitrogen and oxygen atoms in total. The summed E-state index contributed by atoms with van der Waals surface area (Å²) in [6.07, 6.45) is 2.50. The lowest BCUT2D eigenvalue weighted by molar-refractivity contribution is -0.115. The van der Waals surface area contributed by atoms with Gasteiger partial charge in [0.15, 0.2) is 11.3 Å². The third-order valence-corrected chi connectivity index (χ3v) is 5.71. The number of benzene rings is 2. The predicted molar refractivity (Wildman–Crippen MR) is 110 cm³/mol. The Morgan fingerprint density at radius 3 is 2.45 bits per heavy atom. The van der Waals surface area contributed by atoms with Crippen LogP contribution in [-0.2, 0) is 14.6 Å². The van der Waals surface area contributed by atoms with Crippen molar-refractivity contribution in [1.29, 1.82) is 0 Å². The normalized spacial score (nSPS) is 19.1. The van der Waals surface area contributed by atoms with Crippen molar-refractivity contribution >= 4 is 41.5 Å². The lowest BCUT2D eigenvalue weighted by atomic mass is 10.0. The molecule has 2 aromatic carbocycles. The van der Waals surface area contributed by atoms with E-state index in [1.54, 1.807) is 12.1 Å². The highest BCUT2D eigenvalue weighted by molar-refractivity contribution is 6.51. The number of aldehydes is 1. The van der Waals surface area contributed by atoms with Gasteiger partial charge in [-0.05, 0) is 23.3 Å². The zero-order valence-electron chi connectivity index (χ0n) is 15.5. The molecule has 1 fully saturated rings. The molecule has 8 heteroatoms. The van der Waals surface area contributed by atoms with Crippen molar-refractivity contribution in [3.05, 3.63) is 65.2 Å². The van der Waals surface area contributed by atoms with E-state index >= 15 is 0 Å². The second-order valence-electron chi connectivity index (χ2n) is 6.93. The van der Waals surface area contributed by atoms with Crippen LogP contribution in [0.15, 0.2) is 53.6 Å². The quantitative estimate of drug-likeness (QED) is 0.268. The third kappa shape index (κ3) is 3.66. The van der Waals surface area contributed by atoms with Crippen LogP contribution in [0.25, 0.3) is 0 Å². The summed E-state index contributed by atoms with van der Waals surface area (Å²) in [4.78, 5) is 35.8. The van der Waals surface area contributed by atoms with Crippen LogP contribution < -0.4 is 5.32 Å². The van der Waals surface area contributed by atoms with E-state index in [9.17, 15) is 14.4 Å². The summed E-state index contributed by atoms with van der Waals surface area (Å²) in [6.45, 7) is 2.31. The molecule has 2 aliphatic rings. The Morgan fingerprint density at radius 1 is 1.03 bits per heavy atom. The van der Waals surface area contributed by atoms with Gasteiger partial charge in [-0.2, -0.15) is 5.10 Å². The molecule has 2 aromatic rings. The Morgan fingerprint density at radius 2 is 1.76 bits per heavy atom. The van der Waals surface area contributed by atoms with Crippen molar-refractivity contribution in [2.24, 2.45) is 5.10 Å². The zero-order valence-corrected chi connectivity index (χ0v) is 16.3. The van der Waals surface area contributed by atoms with Crippen LogP contribution in [0, 0.1) is 0 Å². The lowest BCUT2D eigenvalue weighted by Gasteiger charge is -2.40. The van der Waals surface area contributed by atoms with E-state index in [1.165, 1.54) is 6.07 Å². The number of amides is 1. The van der Waals surface area contributed by atoms with Crippen LogP contribution in [0.1, 0.15) is 21.5 Å². The molecule has 1 unspecified atom stereocenters. The van der Waals surface area contributed by atoms with E-state index < -0.39 is 16.7 Å². The smallest absolute Gasteiger partial charge is 0.296 e. The summed E-state index contributed by atoms with van der Waals surface area (Å²) in [6, 6.07) is 14.6. The topological polar surface area (TPSA) is 82.1 Å². The number of carbonyl (C=O) groups excluding carboxylic acids is 3. The third-order valence-electron chi connectivity index (χ3n) is 5.17. The van der Waals surface area contributed by atoms with Gasteiger partial charge < -0.3 is 5.32 Å². The minimum atomic E-state index is -1.37. The first kappa shape index (κ1) is 19.3. The van der Waals surface area contributed by atoms with Gasteiger partial charge in [0.25, 0.3) is 11.7 Å². The minimum Gasteiger partial charge on any atom is -0.318 e. The summed E-state index contributed by atoms with van der Waals surface area (Å²) in [5, 5.41) is 8.95. The molecule has 4 rings (SSSR count). The molecule has 29 heavy (non-hydrogen) atoms. The predicted octanol–water partition coefficient (Wildman–Crippen LogP) is 2.06. The number of piperazine rings is 1. The molecule has 2 heterocycles. The fraction of sp³-hybridized carbons (Fsp3) is 0.238. The van der Waals surface area contributed by atoms with Crippen molar-refractivity contribution in [3.63, 3.8) is 0 Å². The summed E-state index contributed by atoms with van der Waals surface area (Å²) < 4.78 is 0. The van der Waals surface area contributed by atoms with Gasteiger partial charge in [-0.1, -0.05) is 48.0 Å². The first-order valence-electron chi connectivity index (χ1n) is 9.26. The number of alkyl halides is 1. The minimum absolute atomic E-state index is 0.295. The summed E-state index contributed by atoms with van der Waals surface area (Å²) in [5.74, 6) is -1.25. The monoisotopic (exact) mass is 410 g/mol. The second-order valence-corrected chi connectivity index (χ2v) is 7.51. The van der Waals surface area contributed by atoms with E-state index in [1.807, 2.05) is 46.5 Å². The molecule has 0 aromatic heterocycles. The summed E-state index contributed by atoms with van der Waals surface area (Å²) in [7, 11) is 0. The lowest BCUT2D eigenvalue weighted by Crippen LogP contribution is -2.52. The van der Waals surface area contributed by atoms with Crippen molar-refractivity contribution < 1.29 is 14.4 Å². The van der Waals surface area contributed by atoms with Crippen molar-refractivity contribution in [3.8, 4) is 0 Å². The molecule has 148 valence electrons. The Balaban J connectivity index is 1.47. The standard InChI is InChI=1S/C21H19ClN4O3/c22-21(14-27,16-6-7-17-18(12-16)24-20(29)19(17)28)25-8-10-26(11-9-25)23-13-15-4-2-1-3-5-15/h1-7,12-14H,8-11H2,(H,24,28,29). The van der Waals surface area contributed by atoms with Gasteiger partial charge in [0.05, 0.1) is 17.5 Å². The molecule has 0 aliphatic carbocycles. The molecule has 1 saturated heterocycles. The SMILES string of the molecule is O=CC(Cl)(c1ccc2c(c1)NC(=O)C2=O)N1CCN(N=Cc2ccccc2)CC1. The average molecular weight is 411 g/mol. The summed E-state index contributed by atoms with van der Waals surface area (Å²) in [5.41, 5.74) is 2.22. The number of hydrogen-bond acceptors (Lipinski definition) is 6. The summed E-state index contributed by atoms with van der Waals surface area (Å²) >= 11 is 6.73. The number of hydrazone groups is 1. The Hall–Kier alpha value is -3.03. The molecule has 1 amide bonds. The van der Waals surface area contributed by atoms with Gasteiger partial charge in [0, 0.05) is 26.2 Å². The molecule has 0 spiro atoms. The van der Waals surface area contributed by atoms with Crippen molar-refractivity contribution in [2.45, 2.75) is 5.00 Å². The maximum atomic E-state index is 12.0. The van der Waals surface area contributed by atoms with Gasteiger partial charge >= 0.3 is 0 Å². The number of Topliss-reactive ketones (excluding diaryl/α,β-unsaturated/α-hetero) is 1. The van der Waals surface area contributed by atoms with Crippen molar-refractivity contribution in [2.75, 3.05) is 31.5 Å². The van der Waals surface area contributed by atoms with Gasteiger partial charge in [-0.3, -0.25) is 24.3 Å². The van der Waals surface area contributed by atoms with Gasteiger partial charge in [0.1, 0.15) is 0 Å². The molecule has 1 atom stereocenters. The first-order chi connectivity index (χ1) is 14.0. The number of nitrogens with zero attached hydrogens (tertiary/aromatic N) is 3. The molecular weight excluding hydrogens is 392 g/mol. The van der Waals surface area contributed by atoms with Crippen LogP contribution >= 0.6 is 11.6 Å². The van der Waals surface area contributed by atoms with E-state index in [0.29, 0.717) is 49.3 Å². The Bertz CT molecular complexity index is 987. The number of fused-ring (bicyclic) bond motifs is 1. The Kier molecular flexibility index (Phi) is 5.17.